The van der Waals surface area contributed by atoms with Crippen molar-refractivity contribution in [3.63, 3.8) is 0 Å². The van der Waals surface area contributed by atoms with E-state index in [1.165, 1.54) is 5.28 Å². The second-order valence-corrected chi connectivity index (χ2v) is 4.94. The molecule has 0 aromatic rings. The standard InChI is InChI=1S/C8H15O.CH3.Al.H/c1-4-6-8(9)7(3)5-2;;;/h7H,1,4-6H2,2-3H3;1H3;;. The number of carbonyl (C=O) groups excluding carboxylic acids is 1. The van der Waals surface area contributed by atoms with Gasteiger partial charge in [0.1, 0.15) is 5.78 Å². The summed E-state index contributed by atoms with van der Waals surface area (Å²) in [5, 5.41) is 1.34. The van der Waals surface area contributed by atoms with E-state index in [2.05, 4.69) is 12.7 Å². The van der Waals surface area contributed by atoms with Crippen molar-refractivity contribution in [2.24, 2.45) is 5.92 Å². The van der Waals surface area contributed by atoms with E-state index in [4.69, 9.17) is 0 Å². The van der Waals surface area contributed by atoms with Crippen LogP contribution in [0.5, 0.6) is 0 Å². The first-order valence-electron chi connectivity index (χ1n) is 4.75. The minimum Gasteiger partial charge on any atom is -0.299 e. The topological polar surface area (TPSA) is 17.1 Å². The number of ketones is 1. The summed E-state index contributed by atoms with van der Waals surface area (Å²) in [6.07, 6.45) is 2.98. The largest absolute Gasteiger partial charge is 0.299 e. The first kappa shape index (κ1) is 11.2. The van der Waals surface area contributed by atoms with Gasteiger partial charge in [-0.05, 0) is 6.42 Å². The Kier molecular flexibility index (Phi) is 7.01. The predicted octanol–water partition coefficient (Wildman–Crippen LogP) is 2.28. The molecule has 0 fully saturated rings. The highest BCUT2D eigenvalue weighted by atomic mass is 27.1. The van der Waals surface area contributed by atoms with Crippen LogP contribution in [0.15, 0.2) is 0 Å². The Morgan fingerprint density at radius 1 is 1.55 bits per heavy atom. The Balaban J connectivity index is 3.36. The summed E-state index contributed by atoms with van der Waals surface area (Å²) < 4.78 is 0. The van der Waals surface area contributed by atoms with Crippen molar-refractivity contribution in [3.05, 3.63) is 0 Å². The second kappa shape index (κ2) is 6.88. The SMILES string of the molecule is CCC(C)C(=O)CC[CH2][AlH][CH3]. The van der Waals surface area contributed by atoms with Crippen molar-refractivity contribution in [2.45, 2.75) is 44.2 Å². The van der Waals surface area contributed by atoms with Crippen LogP contribution in [0.2, 0.25) is 11.1 Å². The predicted molar refractivity (Wildman–Crippen MR) is 51.5 cm³/mol. The summed E-state index contributed by atoms with van der Waals surface area (Å²) in [7, 11) is 0. The van der Waals surface area contributed by atoms with Crippen LogP contribution in [-0.4, -0.2) is 21.0 Å². The Hall–Kier alpha value is 0.202. The maximum Gasteiger partial charge on any atom is 0.233 e. The molecule has 0 aromatic heterocycles. The van der Waals surface area contributed by atoms with E-state index in [1.807, 2.05) is 6.92 Å². The lowest BCUT2D eigenvalue weighted by atomic mass is 10.0. The summed E-state index contributed by atoms with van der Waals surface area (Å²) in [5.41, 5.74) is 0. The fourth-order valence-electron chi connectivity index (χ4n) is 1.02. The van der Waals surface area contributed by atoms with Crippen LogP contribution < -0.4 is 0 Å². The molecular weight excluding hydrogens is 151 g/mol. The molecule has 1 nitrogen and oxygen atoms in total. The Morgan fingerprint density at radius 2 is 2.18 bits per heavy atom. The molecule has 0 saturated heterocycles. The van der Waals surface area contributed by atoms with Crippen LogP contribution in [0, 0.1) is 5.92 Å². The molecule has 1 unspecified atom stereocenters. The van der Waals surface area contributed by atoms with E-state index in [9.17, 15) is 4.79 Å². The van der Waals surface area contributed by atoms with Gasteiger partial charge in [0, 0.05) is 12.3 Å². The smallest absolute Gasteiger partial charge is 0.233 e. The average molecular weight is 170 g/mol. The maximum atomic E-state index is 11.3. The van der Waals surface area contributed by atoms with E-state index < -0.39 is 0 Å². The first-order valence-corrected chi connectivity index (χ1v) is 7.16. The molecule has 0 amide bonds. The number of Topliss-reactive ketones (excluding diaryl/α,β-unsaturated/α-hetero) is 1. The molecule has 0 radical (unpaired) electrons. The van der Waals surface area contributed by atoms with Gasteiger partial charge in [-0.1, -0.05) is 25.6 Å². The second-order valence-electron chi connectivity index (χ2n) is 3.23. The molecule has 0 rings (SSSR count). The van der Waals surface area contributed by atoms with E-state index in [1.54, 1.807) is 0 Å². The monoisotopic (exact) mass is 170 g/mol. The molecule has 0 saturated carbocycles. The van der Waals surface area contributed by atoms with Crippen LogP contribution in [-0.2, 0) is 4.79 Å². The van der Waals surface area contributed by atoms with Gasteiger partial charge in [0.05, 0.1) is 0 Å². The third-order valence-electron chi connectivity index (χ3n) is 2.19. The lowest BCUT2D eigenvalue weighted by Gasteiger charge is -2.05. The third-order valence-corrected chi connectivity index (χ3v) is 3.40. The van der Waals surface area contributed by atoms with Gasteiger partial charge in [-0.2, -0.15) is 0 Å². The Bertz CT molecular complexity index is 112. The van der Waals surface area contributed by atoms with Crippen molar-refractivity contribution in [3.8, 4) is 0 Å². The molecule has 1 atom stereocenters. The van der Waals surface area contributed by atoms with Crippen molar-refractivity contribution < 1.29 is 4.79 Å². The lowest BCUT2D eigenvalue weighted by molar-refractivity contribution is -0.122. The molecule has 0 aromatic carbocycles. The van der Waals surface area contributed by atoms with E-state index in [0.717, 1.165) is 19.3 Å². The normalized spacial score (nSPS) is 12.6. The summed E-state index contributed by atoms with van der Waals surface area (Å²) >= 11 is 0.188. The number of rotatable bonds is 6. The molecule has 2 heteroatoms. The Morgan fingerprint density at radius 3 is 2.64 bits per heavy atom. The van der Waals surface area contributed by atoms with Gasteiger partial charge in [0.15, 0.2) is 0 Å². The zero-order valence-electron chi connectivity index (χ0n) is 8.02. The third kappa shape index (κ3) is 5.47. The van der Waals surface area contributed by atoms with Crippen LogP contribution in [0.4, 0.5) is 0 Å². The van der Waals surface area contributed by atoms with E-state index >= 15 is 0 Å². The van der Waals surface area contributed by atoms with Crippen molar-refractivity contribution in [1.82, 2.24) is 0 Å². The van der Waals surface area contributed by atoms with Gasteiger partial charge in [0.2, 0.25) is 15.2 Å². The van der Waals surface area contributed by atoms with Crippen LogP contribution >= 0.6 is 0 Å². The summed E-state index contributed by atoms with van der Waals surface area (Å²) in [5.74, 6) is 3.07. The zero-order valence-corrected chi connectivity index (χ0v) is 9.44. The molecule has 0 bridgehead atoms. The first-order chi connectivity index (χ1) is 5.22. The van der Waals surface area contributed by atoms with Crippen molar-refractivity contribution in [2.75, 3.05) is 0 Å². The van der Waals surface area contributed by atoms with Crippen molar-refractivity contribution in [1.29, 1.82) is 0 Å². The van der Waals surface area contributed by atoms with Crippen LogP contribution in [0.3, 0.4) is 0 Å². The van der Waals surface area contributed by atoms with Crippen LogP contribution in [0.25, 0.3) is 0 Å². The average Bonchev–Trinajstić information content (AvgIpc) is 2.03. The quantitative estimate of drug-likeness (QED) is 0.441. The molecule has 64 valence electrons. The lowest BCUT2D eigenvalue weighted by Crippen LogP contribution is -2.09. The van der Waals surface area contributed by atoms with E-state index in [0.29, 0.717) is 11.7 Å². The summed E-state index contributed by atoms with van der Waals surface area (Å²) in [4.78, 5) is 11.3. The van der Waals surface area contributed by atoms with E-state index in [-0.39, 0.29) is 15.2 Å². The highest BCUT2D eigenvalue weighted by molar-refractivity contribution is 6.33. The summed E-state index contributed by atoms with van der Waals surface area (Å²) in [6.45, 7) is 4.11. The molecule has 0 aliphatic heterocycles. The highest BCUT2D eigenvalue weighted by Crippen LogP contribution is 2.08. The van der Waals surface area contributed by atoms with Crippen molar-refractivity contribution >= 4 is 21.0 Å². The minimum atomic E-state index is 0.188. The fourth-order valence-corrected chi connectivity index (χ4v) is 1.77. The van der Waals surface area contributed by atoms with Gasteiger partial charge < -0.3 is 0 Å². The molecular formula is C9H19AlO. The van der Waals surface area contributed by atoms with Gasteiger partial charge in [-0.15, -0.1) is 5.79 Å². The molecule has 0 aliphatic rings. The van der Waals surface area contributed by atoms with Gasteiger partial charge in [-0.3, -0.25) is 4.79 Å². The maximum absolute atomic E-state index is 11.3. The molecule has 0 N–H and O–H groups in total. The zero-order chi connectivity index (χ0) is 8.69. The highest BCUT2D eigenvalue weighted by Gasteiger charge is 2.08. The number of carbonyl (C=O) groups is 1. The molecule has 0 aliphatic carbocycles. The summed E-state index contributed by atoms with van der Waals surface area (Å²) in [6, 6.07) is 0. The van der Waals surface area contributed by atoms with Gasteiger partial charge in [0.25, 0.3) is 0 Å². The number of hydrogen-bond donors (Lipinski definition) is 0. The minimum absolute atomic E-state index is 0.188. The molecule has 0 spiro atoms. The molecule has 0 heterocycles. The Labute approximate surface area is 76.3 Å². The van der Waals surface area contributed by atoms with Crippen LogP contribution in [0.1, 0.15) is 33.1 Å². The van der Waals surface area contributed by atoms with Gasteiger partial charge in [-0.25, -0.2) is 0 Å². The molecule has 11 heavy (non-hydrogen) atoms. The fraction of sp³-hybridized carbons (Fsp3) is 0.889. The van der Waals surface area contributed by atoms with Gasteiger partial charge >= 0.3 is 0 Å². The number of hydrogen-bond acceptors (Lipinski definition) is 1.